The number of nitrogens with two attached hydrogens (primary N) is 1. The van der Waals surface area contributed by atoms with Gasteiger partial charge < -0.3 is 15.8 Å². The van der Waals surface area contributed by atoms with Crippen LogP contribution >= 0.6 is 11.6 Å². The van der Waals surface area contributed by atoms with Gasteiger partial charge in [-0.05, 0) is 6.07 Å². The van der Waals surface area contributed by atoms with Crippen molar-refractivity contribution in [3.05, 3.63) is 28.5 Å². The topological polar surface area (TPSA) is 83.6 Å². The van der Waals surface area contributed by atoms with Crippen LogP contribution in [0.25, 0.3) is 0 Å². The summed E-state index contributed by atoms with van der Waals surface area (Å²) in [6, 6.07) is 2.16. The number of carbonyl (C=O) groups excluding carboxylic acids is 1. The Morgan fingerprint density at radius 3 is 2.50 bits per heavy atom. The molecule has 0 aliphatic carbocycles. The minimum atomic E-state index is -1.98. The summed E-state index contributed by atoms with van der Waals surface area (Å²) in [7, 11) is -1.98. The van der Waals surface area contributed by atoms with Crippen LogP contribution in [-0.2, 0) is 0 Å². The van der Waals surface area contributed by atoms with Crippen LogP contribution in [0.1, 0.15) is 10.4 Å². The van der Waals surface area contributed by atoms with Crippen molar-refractivity contribution >= 4 is 30.1 Å². The molecule has 1 aromatic carbocycles. The summed E-state index contributed by atoms with van der Waals surface area (Å²) in [4.78, 5) is 10.7. The molecular formula is C7H6BClFNO3. The highest BCUT2D eigenvalue weighted by Gasteiger charge is 2.21. The largest absolute Gasteiger partial charge is 0.491 e. The number of carbonyl (C=O) groups is 1. The van der Waals surface area contributed by atoms with Crippen LogP contribution in [0.5, 0.6) is 0 Å². The fourth-order valence-electron chi connectivity index (χ4n) is 0.954. The molecule has 0 saturated carbocycles. The van der Waals surface area contributed by atoms with Gasteiger partial charge in [-0.3, -0.25) is 4.79 Å². The van der Waals surface area contributed by atoms with Crippen molar-refractivity contribution in [2.75, 3.05) is 0 Å². The number of halogens is 2. The predicted molar refractivity (Wildman–Crippen MR) is 49.8 cm³/mol. The van der Waals surface area contributed by atoms with E-state index in [2.05, 4.69) is 0 Å². The third-order valence-electron chi connectivity index (χ3n) is 1.66. The predicted octanol–water partition coefficient (Wildman–Crippen LogP) is -0.742. The van der Waals surface area contributed by atoms with Crippen molar-refractivity contribution in [3.8, 4) is 0 Å². The van der Waals surface area contributed by atoms with Gasteiger partial charge in [0.25, 0.3) is 0 Å². The summed E-state index contributed by atoms with van der Waals surface area (Å²) in [6.07, 6.45) is 0. The van der Waals surface area contributed by atoms with Crippen LogP contribution in [0.15, 0.2) is 12.1 Å². The maximum Gasteiger partial charge on any atom is 0.491 e. The first-order chi connectivity index (χ1) is 6.45. The van der Waals surface area contributed by atoms with Crippen LogP contribution in [0.2, 0.25) is 5.02 Å². The van der Waals surface area contributed by atoms with Crippen LogP contribution in [-0.4, -0.2) is 23.1 Å². The van der Waals surface area contributed by atoms with Crippen LogP contribution in [0.3, 0.4) is 0 Å². The van der Waals surface area contributed by atoms with Crippen molar-refractivity contribution in [2.45, 2.75) is 0 Å². The van der Waals surface area contributed by atoms with E-state index in [0.29, 0.717) is 0 Å². The van der Waals surface area contributed by atoms with Crippen molar-refractivity contribution in [3.63, 3.8) is 0 Å². The molecule has 0 radical (unpaired) electrons. The second-order valence-electron chi connectivity index (χ2n) is 2.57. The number of hydrogen-bond acceptors (Lipinski definition) is 3. The van der Waals surface area contributed by atoms with Crippen molar-refractivity contribution in [2.24, 2.45) is 5.73 Å². The van der Waals surface area contributed by atoms with Gasteiger partial charge in [-0.1, -0.05) is 17.7 Å². The van der Waals surface area contributed by atoms with E-state index in [1.54, 1.807) is 0 Å². The van der Waals surface area contributed by atoms with Crippen molar-refractivity contribution in [1.82, 2.24) is 0 Å². The van der Waals surface area contributed by atoms with Gasteiger partial charge in [-0.25, -0.2) is 4.39 Å². The quantitative estimate of drug-likeness (QED) is 0.570. The molecule has 0 aromatic heterocycles. The van der Waals surface area contributed by atoms with E-state index in [-0.39, 0.29) is 5.56 Å². The second-order valence-corrected chi connectivity index (χ2v) is 2.95. The molecule has 14 heavy (non-hydrogen) atoms. The third-order valence-corrected chi connectivity index (χ3v) is 2.03. The number of benzene rings is 1. The summed E-state index contributed by atoms with van der Waals surface area (Å²) < 4.78 is 13.2. The molecule has 1 rings (SSSR count). The highest BCUT2D eigenvalue weighted by atomic mass is 35.5. The van der Waals surface area contributed by atoms with Crippen molar-refractivity contribution < 1.29 is 19.2 Å². The monoisotopic (exact) mass is 217 g/mol. The van der Waals surface area contributed by atoms with E-state index in [0.717, 1.165) is 12.1 Å². The molecule has 0 spiro atoms. The zero-order chi connectivity index (χ0) is 10.9. The molecule has 74 valence electrons. The second kappa shape index (κ2) is 3.95. The SMILES string of the molecule is NC(=O)c1ccc(B(O)O)c(F)c1Cl. The lowest BCUT2D eigenvalue weighted by Gasteiger charge is -2.05. The zero-order valence-electron chi connectivity index (χ0n) is 6.87. The van der Waals surface area contributed by atoms with Crippen LogP contribution in [0.4, 0.5) is 4.39 Å². The Hall–Kier alpha value is -1.11. The number of primary amides is 1. The molecule has 0 atom stereocenters. The van der Waals surface area contributed by atoms with Crippen molar-refractivity contribution in [1.29, 1.82) is 0 Å². The van der Waals surface area contributed by atoms with E-state index >= 15 is 0 Å². The fourth-order valence-corrected chi connectivity index (χ4v) is 1.22. The molecule has 0 aliphatic heterocycles. The van der Waals surface area contributed by atoms with Gasteiger partial charge in [-0.2, -0.15) is 0 Å². The highest BCUT2D eigenvalue weighted by molar-refractivity contribution is 6.59. The molecule has 0 bridgehead atoms. The number of rotatable bonds is 2. The lowest BCUT2D eigenvalue weighted by atomic mass is 9.79. The summed E-state index contributed by atoms with van der Waals surface area (Å²) >= 11 is 5.44. The molecule has 4 nitrogen and oxygen atoms in total. The molecule has 0 heterocycles. The lowest BCUT2D eigenvalue weighted by Crippen LogP contribution is -2.33. The smallest absolute Gasteiger partial charge is 0.423 e. The van der Waals surface area contributed by atoms with E-state index < -0.39 is 29.3 Å². The molecule has 0 saturated heterocycles. The minimum absolute atomic E-state index is 0.200. The highest BCUT2D eigenvalue weighted by Crippen LogP contribution is 2.17. The Labute approximate surface area is 84.2 Å². The summed E-state index contributed by atoms with van der Waals surface area (Å²) in [6.45, 7) is 0. The summed E-state index contributed by atoms with van der Waals surface area (Å²) in [5, 5.41) is 16.9. The maximum atomic E-state index is 13.2. The molecule has 7 heteroatoms. The van der Waals surface area contributed by atoms with E-state index in [1.807, 2.05) is 0 Å². The molecule has 4 N–H and O–H groups in total. The van der Waals surface area contributed by atoms with Gasteiger partial charge >= 0.3 is 7.12 Å². The fraction of sp³-hybridized carbons (Fsp3) is 0. The van der Waals surface area contributed by atoms with Gasteiger partial charge in [0, 0.05) is 5.46 Å². The Morgan fingerprint density at radius 1 is 1.50 bits per heavy atom. The Kier molecular flexibility index (Phi) is 3.10. The average Bonchev–Trinajstić information content (AvgIpc) is 2.08. The van der Waals surface area contributed by atoms with Gasteiger partial charge in [0.2, 0.25) is 5.91 Å². The summed E-state index contributed by atoms with van der Waals surface area (Å²) in [5.74, 6) is -1.94. The zero-order valence-corrected chi connectivity index (χ0v) is 7.62. The van der Waals surface area contributed by atoms with E-state index in [4.69, 9.17) is 27.4 Å². The molecule has 0 unspecified atom stereocenters. The molecule has 1 amide bonds. The number of hydrogen-bond donors (Lipinski definition) is 3. The van der Waals surface area contributed by atoms with E-state index in [1.165, 1.54) is 0 Å². The Bertz CT molecular complexity index is 385. The van der Waals surface area contributed by atoms with Gasteiger partial charge in [-0.15, -0.1) is 0 Å². The first-order valence-corrected chi connectivity index (χ1v) is 3.96. The maximum absolute atomic E-state index is 13.2. The minimum Gasteiger partial charge on any atom is -0.423 e. The lowest BCUT2D eigenvalue weighted by molar-refractivity contribution is 0.1000. The normalized spacial score (nSPS) is 10.0. The van der Waals surface area contributed by atoms with Gasteiger partial charge in [0.1, 0.15) is 5.82 Å². The van der Waals surface area contributed by atoms with Gasteiger partial charge in [0.05, 0.1) is 10.6 Å². The third kappa shape index (κ3) is 1.87. The molecule has 1 aromatic rings. The summed E-state index contributed by atoms with van der Waals surface area (Å²) in [5.41, 5.74) is 4.29. The molecule has 0 aliphatic rings. The standard InChI is InChI=1S/C7H6BClFNO3/c9-5-3(7(11)12)1-2-4(6(5)10)8(13)14/h1-2,13-14H,(H2,11,12). The Balaban J connectivity index is 3.33. The van der Waals surface area contributed by atoms with Crippen LogP contribution in [0, 0.1) is 5.82 Å². The Morgan fingerprint density at radius 2 is 2.07 bits per heavy atom. The average molecular weight is 217 g/mol. The first kappa shape index (κ1) is 11.0. The van der Waals surface area contributed by atoms with E-state index in [9.17, 15) is 9.18 Å². The molecule has 0 fully saturated rings. The number of amides is 1. The van der Waals surface area contributed by atoms with Crippen LogP contribution < -0.4 is 11.2 Å². The first-order valence-electron chi connectivity index (χ1n) is 3.59. The van der Waals surface area contributed by atoms with Gasteiger partial charge in [0.15, 0.2) is 0 Å². The molecular weight excluding hydrogens is 211 g/mol.